The van der Waals surface area contributed by atoms with E-state index in [1.165, 1.54) is 6.07 Å². The minimum atomic E-state index is -0.873. The molecule has 0 N–H and O–H groups in total. The maximum absolute atomic E-state index is 13.0. The highest BCUT2D eigenvalue weighted by atomic mass is 19.2. The molecule has 1 aromatic rings. The average Bonchev–Trinajstić information content (AvgIpc) is 2.33. The van der Waals surface area contributed by atoms with Crippen LogP contribution in [0.1, 0.15) is 25.2 Å². The quantitative estimate of drug-likeness (QED) is 0.774. The normalized spacial score (nSPS) is 25.7. The molecule has 4 heteroatoms. The van der Waals surface area contributed by atoms with Crippen molar-refractivity contribution in [1.29, 1.82) is 0 Å². The fraction of sp³-hybridized carbons (Fsp3) is 0.500. The van der Waals surface area contributed by atoms with Gasteiger partial charge in [0.25, 0.3) is 0 Å². The van der Waals surface area contributed by atoms with Gasteiger partial charge in [0.1, 0.15) is 0 Å². The van der Waals surface area contributed by atoms with Crippen LogP contribution >= 0.6 is 0 Å². The standard InChI is InChI=1S/C12H14F2O2/c1-2-8-6-15-12(16-7-8)9-3-4-10(13)11(14)5-9/h3-5,8,12H,2,6-7H2,1H3. The van der Waals surface area contributed by atoms with Crippen LogP contribution in [0.4, 0.5) is 8.78 Å². The third-order valence-electron chi connectivity index (χ3n) is 2.76. The summed E-state index contributed by atoms with van der Waals surface area (Å²) >= 11 is 0. The van der Waals surface area contributed by atoms with Crippen LogP contribution in [0.15, 0.2) is 18.2 Å². The number of hydrogen-bond acceptors (Lipinski definition) is 2. The van der Waals surface area contributed by atoms with E-state index in [2.05, 4.69) is 6.92 Å². The highest BCUT2D eigenvalue weighted by Gasteiger charge is 2.23. The lowest BCUT2D eigenvalue weighted by Gasteiger charge is -2.29. The summed E-state index contributed by atoms with van der Waals surface area (Å²) < 4.78 is 36.6. The molecular formula is C12H14F2O2. The largest absolute Gasteiger partial charge is 0.348 e. The summed E-state index contributed by atoms with van der Waals surface area (Å²) in [5.74, 6) is -1.34. The van der Waals surface area contributed by atoms with Crippen molar-refractivity contribution < 1.29 is 18.3 Å². The SMILES string of the molecule is CCC1COC(c2ccc(F)c(F)c2)OC1. The average molecular weight is 228 g/mol. The lowest BCUT2D eigenvalue weighted by molar-refractivity contribution is -0.205. The lowest BCUT2D eigenvalue weighted by atomic mass is 10.1. The molecule has 0 aliphatic carbocycles. The molecule has 0 atom stereocenters. The Morgan fingerprint density at radius 3 is 2.44 bits per heavy atom. The minimum absolute atomic E-state index is 0.390. The van der Waals surface area contributed by atoms with Gasteiger partial charge in [-0.15, -0.1) is 0 Å². The summed E-state index contributed by atoms with van der Waals surface area (Å²) in [6.45, 7) is 3.26. The van der Waals surface area contributed by atoms with Gasteiger partial charge in [0, 0.05) is 11.5 Å². The van der Waals surface area contributed by atoms with Gasteiger partial charge < -0.3 is 9.47 Å². The topological polar surface area (TPSA) is 18.5 Å². The second-order valence-electron chi connectivity index (χ2n) is 3.95. The first-order valence-corrected chi connectivity index (χ1v) is 5.39. The van der Waals surface area contributed by atoms with E-state index in [1.54, 1.807) is 0 Å². The Hall–Kier alpha value is -1.00. The second kappa shape index (κ2) is 4.89. The van der Waals surface area contributed by atoms with Crippen molar-refractivity contribution in [2.75, 3.05) is 13.2 Å². The van der Waals surface area contributed by atoms with Crippen LogP contribution in [0.25, 0.3) is 0 Å². The molecule has 0 amide bonds. The van der Waals surface area contributed by atoms with Crippen LogP contribution in [-0.4, -0.2) is 13.2 Å². The van der Waals surface area contributed by atoms with Crippen LogP contribution in [0, 0.1) is 17.6 Å². The Morgan fingerprint density at radius 1 is 1.19 bits per heavy atom. The zero-order chi connectivity index (χ0) is 11.5. The summed E-state index contributed by atoms with van der Waals surface area (Å²) in [5, 5.41) is 0. The Bertz CT molecular complexity index is 360. The predicted octanol–water partition coefficient (Wildman–Crippen LogP) is 3.04. The summed E-state index contributed by atoms with van der Waals surface area (Å²) in [5.41, 5.74) is 0.522. The summed E-state index contributed by atoms with van der Waals surface area (Å²) in [7, 11) is 0. The highest BCUT2D eigenvalue weighted by Crippen LogP contribution is 2.26. The summed E-state index contributed by atoms with van der Waals surface area (Å²) in [6, 6.07) is 3.69. The molecule has 0 saturated carbocycles. The van der Waals surface area contributed by atoms with Crippen molar-refractivity contribution in [3.05, 3.63) is 35.4 Å². The van der Waals surface area contributed by atoms with Gasteiger partial charge in [0.15, 0.2) is 17.9 Å². The van der Waals surface area contributed by atoms with Crippen LogP contribution in [0.5, 0.6) is 0 Å². The zero-order valence-corrected chi connectivity index (χ0v) is 9.08. The molecule has 88 valence electrons. The lowest BCUT2D eigenvalue weighted by Crippen LogP contribution is -2.26. The van der Waals surface area contributed by atoms with Gasteiger partial charge in [-0.05, 0) is 18.6 Å². The van der Waals surface area contributed by atoms with Crippen molar-refractivity contribution >= 4 is 0 Å². The van der Waals surface area contributed by atoms with Crippen molar-refractivity contribution in [3.63, 3.8) is 0 Å². The molecule has 0 unspecified atom stereocenters. The Balaban J connectivity index is 2.05. The van der Waals surface area contributed by atoms with Gasteiger partial charge in [0.05, 0.1) is 13.2 Å². The van der Waals surface area contributed by atoms with Gasteiger partial charge >= 0.3 is 0 Å². The molecule has 0 aromatic heterocycles. The Labute approximate surface area is 93.2 Å². The van der Waals surface area contributed by atoms with Crippen molar-refractivity contribution in [3.8, 4) is 0 Å². The predicted molar refractivity (Wildman–Crippen MR) is 54.8 cm³/mol. The molecule has 0 spiro atoms. The fourth-order valence-electron chi connectivity index (χ4n) is 1.63. The van der Waals surface area contributed by atoms with E-state index >= 15 is 0 Å². The van der Waals surface area contributed by atoms with Crippen LogP contribution in [0.2, 0.25) is 0 Å². The highest BCUT2D eigenvalue weighted by molar-refractivity contribution is 5.19. The third kappa shape index (κ3) is 2.39. The molecular weight excluding hydrogens is 214 g/mol. The molecule has 1 fully saturated rings. The van der Waals surface area contributed by atoms with E-state index in [0.717, 1.165) is 18.6 Å². The molecule has 1 aliphatic heterocycles. The van der Waals surface area contributed by atoms with Crippen LogP contribution in [-0.2, 0) is 9.47 Å². The Kier molecular flexibility index (Phi) is 3.51. The monoisotopic (exact) mass is 228 g/mol. The van der Waals surface area contributed by atoms with Gasteiger partial charge in [-0.1, -0.05) is 13.0 Å². The van der Waals surface area contributed by atoms with Gasteiger partial charge in [-0.2, -0.15) is 0 Å². The van der Waals surface area contributed by atoms with E-state index < -0.39 is 17.9 Å². The number of halogens is 2. The smallest absolute Gasteiger partial charge is 0.183 e. The van der Waals surface area contributed by atoms with E-state index in [0.29, 0.717) is 24.7 Å². The van der Waals surface area contributed by atoms with E-state index in [1.807, 2.05) is 0 Å². The van der Waals surface area contributed by atoms with Gasteiger partial charge in [0.2, 0.25) is 0 Å². The van der Waals surface area contributed by atoms with Crippen molar-refractivity contribution in [2.45, 2.75) is 19.6 Å². The molecule has 1 heterocycles. The summed E-state index contributed by atoms with van der Waals surface area (Å²) in [4.78, 5) is 0. The number of hydrogen-bond donors (Lipinski definition) is 0. The number of rotatable bonds is 2. The molecule has 2 nitrogen and oxygen atoms in total. The maximum atomic E-state index is 13.0. The number of ether oxygens (including phenoxy) is 2. The molecule has 0 radical (unpaired) electrons. The molecule has 1 saturated heterocycles. The van der Waals surface area contributed by atoms with E-state index in [4.69, 9.17) is 9.47 Å². The first-order valence-electron chi connectivity index (χ1n) is 5.39. The number of benzene rings is 1. The maximum Gasteiger partial charge on any atom is 0.183 e. The first kappa shape index (κ1) is 11.5. The molecule has 0 bridgehead atoms. The van der Waals surface area contributed by atoms with Gasteiger partial charge in [-0.3, -0.25) is 0 Å². The Morgan fingerprint density at radius 2 is 1.88 bits per heavy atom. The van der Waals surface area contributed by atoms with Crippen molar-refractivity contribution in [2.24, 2.45) is 5.92 Å². The molecule has 1 aromatic carbocycles. The zero-order valence-electron chi connectivity index (χ0n) is 9.08. The molecule has 1 aliphatic rings. The second-order valence-corrected chi connectivity index (χ2v) is 3.95. The van der Waals surface area contributed by atoms with Gasteiger partial charge in [-0.25, -0.2) is 8.78 Å². The van der Waals surface area contributed by atoms with E-state index in [9.17, 15) is 8.78 Å². The van der Waals surface area contributed by atoms with E-state index in [-0.39, 0.29) is 0 Å². The first-order chi connectivity index (χ1) is 7.70. The van der Waals surface area contributed by atoms with Crippen LogP contribution in [0.3, 0.4) is 0 Å². The third-order valence-corrected chi connectivity index (χ3v) is 2.76. The minimum Gasteiger partial charge on any atom is -0.348 e. The molecule has 16 heavy (non-hydrogen) atoms. The summed E-state index contributed by atoms with van der Waals surface area (Å²) in [6.07, 6.45) is 0.419. The van der Waals surface area contributed by atoms with Crippen LogP contribution < -0.4 is 0 Å². The van der Waals surface area contributed by atoms with Crippen molar-refractivity contribution in [1.82, 2.24) is 0 Å². The molecule has 2 rings (SSSR count). The fourth-order valence-corrected chi connectivity index (χ4v) is 1.63.